The number of hydrogen-bond donors (Lipinski definition) is 2. The minimum atomic E-state index is -0.212. The fourth-order valence-corrected chi connectivity index (χ4v) is 3.77. The fraction of sp³-hybridized carbons (Fsp3) is 0.381. The number of hydrogen-bond acceptors (Lipinski definition) is 2. The van der Waals surface area contributed by atoms with E-state index >= 15 is 0 Å². The molecular weight excluding hydrogens is 351 g/mol. The van der Waals surface area contributed by atoms with Crippen LogP contribution >= 0.6 is 12.4 Å². The highest BCUT2D eigenvalue weighted by atomic mass is 35.5. The van der Waals surface area contributed by atoms with Gasteiger partial charge < -0.3 is 11.1 Å². The van der Waals surface area contributed by atoms with Crippen molar-refractivity contribution in [3.05, 3.63) is 65.5 Å². The van der Waals surface area contributed by atoms with Crippen LogP contribution in [0.3, 0.4) is 0 Å². The second-order valence-electron chi connectivity index (χ2n) is 7.05. The van der Waals surface area contributed by atoms with Gasteiger partial charge in [-0.3, -0.25) is 4.79 Å². The molecule has 1 aliphatic carbocycles. The van der Waals surface area contributed by atoms with Crippen molar-refractivity contribution >= 4 is 24.0 Å². The summed E-state index contributed by atoms with van der Waals surface area (Å²) in [5.41, 5.74) is 8.15. The van der Waals surface area contributed by atoms with Crippen molar-refractivity contribution in [3.8, 4) is 0 Å². The van der Waals surface area contributed by atoms with E-state index in [0.717, 1.165) is 36.8 Å². The monoisotopic (exact) mass is 376 g/mol. The largest absolute Gasteiger partial charge is 0.399 e. The van der Waals surface area contributed by atoms with Crippen LogP contribution in [0.25, 0.3) is 0 Å². The predicted octanol–water partition coefficient (Wildman–Crippen LogP) is 4.39. The molecule has 0 heterocycles. The zero-order valence-corrected chi connectivity index (χ0v) is 15.7. The first-order valence-electron chi connectivity index (χ1n) is 8.95. The highest BCUT2D eigenvalue weighted by molar-refractivity contribution is 5.85. The standard InChI is InChI=1S/C21H25FN2O.ClH/c22-18-6-4-5-17(14-18)21(11-2-1-3-12-21)15-24-20(25)13-16-7-9-19(23)10-8-16;/h4-10,14H,1-3,11-13,15,23H2,(H,24,25);1H. The summed E-state index contributed by atoms with van der Waals surface area (Å²) in [7, 11) is 0. The predicted molar refractivity (Wildman–Crippen MR) is 106 cm³/mol. The molecule has 0 aromatic heterocycles. The van der Waals surface area contributed by atoms with Crippen molar-refractivity contribution in [2.75, 3.05) is 12.3 Å². The van der Waals surface area contributed by atoms with E-state index in [2.05, 4.69) is 5.32 Å². The first kappa shape index (κ1) is 20.2. The summed E-state index contributed by atoms with van der Waals surface area (Å²) in [6.07, 6.45) is 5.74. The molecule has 0 bridgehead atoms. The molecule has 140 valence electrons. The van der Waals surface area contributed by atoms with Crippen LogP contribution in [0.5, 0.6) is 0 Å². The van der Waals surface area contributed by atoms with Gasteiger partial charge in [-0.2, -0.15) is 0 Å². The Labute approximate surface area is 160 Å². The topological polar surface area (TPSA) is 55.1 Å². The summed E-state index contributed by atoms with van der Waals surface area (Å²) in [5, 5.41) is 3.08. The molecule has 3 N–H and O–H groups in total. The van der Waals surface area contributed by atoms with Crippen molar-refractivity contribution in [2.24, 2.45) is 0 Å². The Kier molecular flexibility index (Phi) is 7.04. The van der Waals surface area contributed by atoms with Crippen molar-refractivity contribution in [1.29, 1.82) is 0 Å². The number of carbonyl (C=O) groups excluding carboxylic acids is 1. The number of nitrogen functional groups attached to an aromatic ring is 1. The second kappa shape index (κ2) is 9.04. The molecule has 1 saturated carbocycles. The molecule has 26 heavy (non-hydrogen) atoms. The number of amides is 1. The van der Waals surface area contributed by atoms with Crippen LogP contribution in [-0.4, -0.2) is 12.5 Å². The number of nitrogens with two attached hydrogens (primary N) is 1. The summed E-state index contributed by atoms with van der Waals surface area (Å²) < 4.78 is 13.7. The SMILES string of the molecule is Cl.Nc1ccc(CC(=O)NCC2(c3cccc(F)c3)CCCCC2)cc1. The number of rotatable bonds is 5. The van der Waals surface area contributed by atoms with E-state index < -0.39 is 0 Å². The lowest BCUT2D eigenvalue weighted by Gasteiger charge is -2.38. The zero-order chi connectivity index (χ0) is 17.7. The van der Waals surface area contributed by atoms with Gasteiger partial charge in [0.1, 0.15) is 5.82 Å². The van der Waals surface area contributed by atoms with Gasteiger partial charge >= 0.3 is 0 Å². The van der Waals surface area contributed by atoms with Crippen LogP contribution in [0.1, 0.15) is 43.2 Å². The second-order valence-corrected chi connectivity index (χ2v) is 7.05. The van der Waals surface area contributed by atoms with Gasteiger partial charge in [0.2, 0.25) is 5.91 Å². The summed E-state index contributed by atoms with van der Waals surface area (Å²) in [5.74, 6) is -0.221. The molecule has 5 heteroatoms. The maximum absolute atomic E-state index is 13.7. The third kappa shape index (κ3) is 4.98. The molecule has 0 atom stereocenters. The van der Waals surface area contributed by atoms with E-state index in [1.807, 2.05) is 18.2 Å². The fourth-order valence-electron chi connectivity index (χ4n) is 3.77. The normalized spacial score (nSPS) is 15.7. The van der Waals surface area contributed by atoms with Gasteiger partial charge in [-0.05, 0) is 48.2 Å². The van der Waals surface area contributed by atoms with Crippen LogP contribution in [0.15, 0.2) is 48.5 Å². The Morgan fingerprint density at radius 3 is 2.42 bits per heavy atom. The van der Waals surface area contributed by atoms with Gasteiger partial charge in [0.05, 0.1) is 6.42 Å². The molecule has 0 radical (unpaired) electrons. The number of halogens is 2. The van der Waals surface area contributed by atoms with Gasteiger partial charge in [0.25, 0.3) is 0 Å². The lowest BCUT2D eigenvalue weighted by molar-refractivity contribution is -0.120. The van der Waals surface area contributed by atoms with E-state index in [0.29, 0.717) is 18.7 Å². The Balaban J connectivity index is 0.00000243. The summed E-state index contributed by atoms with van der Waals surface area (Å²) in [6, 6.07) is 14.2. The summed E-state index contributed by atoms with van der Waals surface area (Å²) in [6.45, 7) is 0.560. The third-order valence-electron chi connectivity index (χ3n) is 5.22. The van der Waals surface area contributed by atoms with Gasteiger partial charge in [-0.15, -0.1) is 12.4 Å². The van der Waals surface area contributed by atoms with Gasteiger partial charge in [-0.1, -0.05) is 43.5 Å². The minimum absolute atomic E-state index is 0. The molecule has 0 unspecified atom stereocenters. The summed E-state index contributed by atoms with van der Waals surface area (Å²) in [4.78, 5) is 12.4. The molecule has 1 amide bonds. The van der Waals surface area contributed by atoms with Crippen LogP contribution in [0, 0.1) is 5.82 Å². The average molecular weight is 377 g/mol. The van der Waals surface area contributed by atoms with E-state index in [-0.39, 0.29) is 29.5 Å². The van der Waals surface area contributed by atoms with Crippen LogP contribution in [0.4, 0.5) is 10.1 Å². The highest BCUT2D eigenvalue weighted by Crippen LogP contribution is 2.39. The summed E-state index contributed by atoms with van der Waals surface area (Å²) >= 11 is 0. The van der Waals surface area contributed by atoms with Gasteiger partial charge in [0, 0.05) is 17.6 Å². The third-order valence-corrected chi connectivity index (χ3v) is 5.22. The molecule has 0 spiro atoms. The maximum Gasteiger partial charge on any atom is 0.224 e. The molecule has 2 aromatic rings. The lowest BCUT2D eigenvalue weighted by Crippen LogP contribution is -2.42. The molecule has 1 fully saturated rings. The Bertz CT molecular complexity index is 727. The smallest absolute Gasteiger partial charge is 0.224 e. The quantitative estimate of drug-likeness (QED) is 0.760. The van der Waals surface area contributed by atoms with E-state index in [4.69, 9.17) is 5.73 Å². The molecule has 3 rings (SSSR count). The Morgan fingerprint density at radius 2 is 1.77 bits per heavy atom. The van der Waals surface area contributed by atoms with Crippen molar-refractivity contribution in [1.82, 2.24) is 5.32 Å². The highest BCUT2D eigenvalue weighted by Gasteiger charge is 2.34. The molecule has 2 aromatic carbocycles. The van der Waals surface area contributed by atoms with E-state index in [1.165, 1.54) is 12.5 Å². The first-order valence-corrected chi connectivity index (χ1v) is 8.95. The number of nitrogens with one attached hydrogen (secondary N) is 1. The van der Waals surface area contributed by atoms with E-state index in [1.54, 1.807) is 24.3 Å². The Morgan fingerprint density at radius 1 is 1.08 bits per heavy atom. The van der Waals surface area contributed by atoms with E-state index in [9.17, 15) is 9.18 Å². The van der Waals surface area contributed by atoms with Crippen LogP contribution in [-0.2, 0) is 16.6 Å². The van der Waals surface area contributed by atoms with Crippen LogP contribution in [0.2, 0.25) is 0 Å². The Hall–Kier alpha value is -2.07. The molecule has 0 aliphatic heterocycles. The zero-order valence-electron chi connectivity index (χ0n) is 14.8. The number of anilines is 1. The lowest BCUT2D eigenvalue weighted by atomic mass is 9.69. The van der Waals surface area contributed by atoms with Crippen molar-refractivity contribution < 1.29 is 9.18 Å². The molecule has 0 saturated heterocycles. The molecule has 1 aliphatic rings. The van der Waals surface area contributed by atoms with Crippen LogP contribution < -0.4 is 11.1 Å². The number of carbonyl (C=O) groups is 1. The maximum atomic E-state index is 13.7. The van der Waals surface area contributed by atoms with Gasteiger partial charge in [0.15, 0.2) is 0 Å². The van der Waals surface area contributed by atoms with Crippen molar-refractivity contribution in [3.63, 3.8) is 0 Å². The average Bonchev–Trinajstić information content (AvgIpc) is 2.63. The minimum Gasteiger partial charge on any atom is -0.399 e. The molecule has 3 nitrogen and oxygen atoms in total. The molecular formula is C21H26ClFN2O. The van der Waals surface area contributed by atoms with Crippen molar-refractivity contribution in [2.45, 2.75) is 43.9 Å². The van der Waals surface area contributed by atoms with Gasteiger partial charge in [-0.25, -0.2) is 4.39 Å². The first-order chi connectivity index (χ1) is 12.1. The number of benzene rings is 2.